The lowest BCUT2D eigenvalue weighted by Crippen LogP contribution is -1.65. The summed E-state index contributed by atoms with van der Waals surface area (Å²) in [6.45, 7) is 0. The molecular formula is C7H3ClNS. The molecule has 3 heteroatoms. The molecule has 0 aliphatic rings. The quantitative estimate of drug-likeness (QED) is 0.590. The molecule has 1 aromatic heterocycles. The van der Waals surface area contributed by atoms with Crippen LogP contribution in [0.15, 0.2) is 18.2 Å². The molecule has 1 nitrogen and oxygen atoms in total. The average molecular weight is 169 g/mol. The molecule has 0 aliphatic heterocycles. The summed E-state index contributed by atoms with van der Waals surface area (Å²) in [4.78, 5) is 3.99. The van der Waals surface area contributed by atoms with E-state index in [1.54, 1.807) is 0 Å². The van der Waals surface area contributed by atoms with Crippen molar-refractivity contribution >= 4 is 33.2 Å². The van der Waals surface area contributed by atoms with Crippen molar-refractivity contribution in [1.82, 2.24) is 4.98 Å². The zero-order chi connectivity index (χ0) is 6.97. The minimum Gasteiger partial charge on any atom is -0.233 e. The molecule has 0 N–H and O–H groups in total. The highest BCUT2D eigenvalue weighted by Crippen LogP contribution is 2.20. The molecule has 2 rings (SSSR count). The van der Waals surface area contributed by atoms with Crippen LogP contribution >= 0.6 is 22.9 Å². The Bertz CT molecular complexity index is 355. The van der Waals surface area contributed by atoms with Gasteiger partial charge >= 0.3 is 0 Å². The normalized spacial score (nSPS) is 10.5. The molecule has 0 atom stereocenters. The second-order valence-electron chi connectivity index (χ2n) is 1.92. The van der Waals surface area contributed by atoms with Crippen molar-refractivity contribution in [3.8, 4) is 0 Å². The highest BCUT2D eigenvalue weighted by atomic mass is 35.5. The molecule has 10 heavy (non-hydrogen) atoms. The summed E-state index contributed by atoms with van der Waals surface area (Å²) in [5.74, 6) is 0. The van der Waals surface area contributed by atoms with E-state index in [2.05, 4.69) is 10.5 Å². The Morgan fingerprint density at radius 2 is 2.40 bits per heavy atom. The average Bonchev–Trinajstić information content (AvgIpc) is 2.33. The van der Waals surface area contributed by atoms with Gasteiger partial charge in [-0.1, -0.05) is 11.6 Å². The molecule has 2 aromatic rings. The van der Waals surface area contributed by atoms with Crippen molar-refractivity contribution in [2.75, 3.05) is 0 Å². The summed E-state index contributed by atoms with van der Waals surface area (Å²) in [5, 5.41) is 0.755. The van der Waals surface area contributed by atoms with Crippen molar-refractivity contribution in [2.45, 2.75) is 0 Å². The first-order valence-corrected chi connectivity index (χ1v) is 3.98. The van der Waals surface area contributed by atoms with Crippen LogP contribution in [0.25, 0.3) is 10.2 Å². The molecule has 49 valence electrons. The molecule has 1 radical (unpaired) electrons. The number of aromatic nitrogens is 1. The molecule has 0 saturated heterocycles. The summed E-state index contributed by atoms with van der Waals surface area (Å²) in [7, 11) is 0. The van der Waals surface area contributed by atoms with E-state index in [0.717, 1.165) is 15.2 Å². The number of rotatable bonds is 0. The molecule has 0 aliphatic carbocycles. The zero-order valence-corrected chi connectivity index (χ0v) is 6.54. The van der Waals surface area contributed by atoms with E-state index in [1.807, 2.05) is 18.2 Å². The van der Waals surface area contributed by atoms with Crippen LogP contribution in [0.3, 0.4) is 0 Å². The Labute approximate surface area is 67.3 Å². The Kier molecular flexibility index (Phi) is 1.36. The zero-order valence-electron chi connectivity index (χ0n) is 4.97. The lowest BCUT2D eigenvalue weighted by atomic mass is 10.3. The summed E-state index contributed by atoms with van der Waals surface area (Å²) in [6.07, 6.45) is 0. The van der Waals surface area contributed by atoms with E-state index in [-0.39, 0.29) is 0 Å². The first-order valence-electron chi connectivity index (χ1n) is 2.78. The predicted octanol–water partition coefficient (Wildman–Crippen LogP) is 2.75. The molecule has 1 heterocycles. The smallest absolute Gasteiger partial charge is 0.153 e. The lowest BCUT2D eigenvalue weighted by Gasteiger charge is -1.86. The second-order valence-corrected chi connectivity index (χ2v) is 3.18. The lowest BCUT2D eigenvalue weighted by molar-refractivity contribution is 1.48. The van der Waals surface area contributed by atoms with Gasteiger partial charge in [0, 0.05) is 5.02 Å². The standard InChI is InChI=1S/C7H3ClNS/c8-5-1-2-6-7(3-5)10-4-9-6/h1-3H. The van der Waals surface area contributed by atoms with Gasteiger partial charge < -0.3 is 0 Å². The molecule has 1 aromatic carbocycles. The molecule has 0 amide bonds. The number of hydrogen-bond donors (Lipinski definition) is 0. The van der Waals surface area contributed by atoms with E-state index in [0.29, 0.717) is 0 Å². The van der Waals surface area contributed by atoms with Crippen molar-refractivity contribution in [3.63, 3.8) is 0 Å². The molecule has 0 fully saturated rings. The highest BCUT2D eigenvalue weighted by molar-refractivity contribution is 7.16. The molecule has 0 spiro atoms. The largest absolute Gasteiger partial charge is 0.233 e. The van der Waals surface area contributed by atoms with Crippen molar-refractivity contribution in [3.05, 3.63) is 28.7 Å². The minimum atomic E-state index is 0.755. The van der Waals surface area contributed by atoms with Crippen molar-refractivity contribution in [1.29, 1.82) is 0 Å². The topological polar surface area (TPSA) is 12.9 Å². The summed E-state index contributed by atoms with van der Waals surface area (Å²) in [6, 6.07) is 5.62. The van der Waals surface area contributed by atoms with Crippen LogP contribution in [-0.4, -0.2) is 4.98 Å². The monoisotopic (exact) mass is 168 g/mol. The molecule has 0 saturated carbocycles. The van der Waals surface area contributed by atoms with Gasteiger partial charge in [0.1, 0.15) is 0 Å². The van der Waals surface area contributed by atoms with E-state index >= 15 is 0 Å². The van der Waals surface area contributed by atoms with Crippen LogP contribution in [0.2, 0.25) is 5.02 Å². The fourth-order valence-corrected chi connectivity index (χ4v) is 1.67. The van der Waals surface area contributed by atoms with Gasteiger partial charge in [0.25, 0.3) is 0 Å². The fraction of sp³-hybridized carbons (Fsp3) is 0. The number of fused-ring (bicyclic) bond motifs is 1. The van der Waals surface area contributed by atoms with Crippen LogP contribution in [0, 0.1) is 5.51 Å². The molecular weight excluding hydrogens is 166 g/mol. The van der Waals surface area contributed by atoms with Gasteiger partial charge in [0.15, 0.2) is 5.51 Å². The maximum atomic E-state index is 5.74. The van der Waals surface area contributed by atoms with Gasteiger partial charge in [-0.15, -0.1) is 11.3 Å². The minimum absolute atomic E-state index is 0.755. The van der Waals surface area contributed by atoms with Crippen LogP contribution in [0.4, 0.5) is 0 Å². The maximum absolute atomic E-state index is 5.74. The number of benzene rings is 1. The van der Waals surface area contributed by atoms with Gasteiger partial charge in [-0.3, -0.25) is 0 Å². The van der Waals surface area contributed by atoms with Crippen LogP contribution in [0.1, 0.15) is 0 Å². The number of hydrogen-bond acceptors (Lipinski definition) is 2. The molecule has 0 bridgehead atoms. The van der Waals surface area contributed by atoms with Crippen molar-refractivity contribution in [2.24, 2.45) is 0 Å². The number of halogens is 1. The third-order valence-corrected chi connectivity index (χ3v) is 2.21. The first-order chi connectivity index (χ1) is 4.86. The third-order valence-electron chi connectivity index (χ3n) is 1.24. The van der Waals surface area contributed by atoms with Gasteiger partial charge in [-0.25, -0.2) is 4.98 Å². The Hall–Kier alpha value is -0.600. The highest BCUT2D eigenvalue weighted by Gasteiger charge is 1.95. The first kappa shape index (κ1) is 6.13. The third kappa shape index (κ3) is 0.895. The van der Waals surface area contributed by atoms with Gasteiger partial charge in [-0.2, -0.15) is 0 Å². The fourth-order valence-electron chi connectivity index (χ4n) is 0.783. The summed E-state index contributed by atoms with van der Waals surface area (Å²) >= 11 is 7.22. The van der Waals surface area contributed by atoms with Gasteiger partial charge in [0.05, 0.1) is 10.2 Å². The summed E-state index contributed by atoms with van der Waals surface area (Å²) < 4.78 is 1.09. The van der Waals surface area contributed by atoms with Crippen molar-refractivity contribution < 1.29 is 0 Å². The summed E-state index contributed by atoms with van der Waals surface area (Å²) in [5.41, 5.74) is 3.76. The Morgan fingerprint density at radius 3 is 3.30 bits per heavy atom. The number of nitrogens with zero attached hydrogens (tertiary/aromatic N) is 1. The number of thiazole rings is 1. The van der Waals surface area contributed by atoms with Crippen LogP contribution in [0.5, 0.6) is 0 Å². The Morgan fingerprint density at radius 1 is 1.50 bits per heavy atom. The maximum Gasteiger partial charge on any atom is 0.153 e. The van der Waals surface area contributed by atoms with Gasteiger partial charge in [0.2, 0.25) is 0 Å². The van der Waals surface area contributed by atoms with Crippen LogP contribution < -0.4 is 0 Å². The Balaban J connectivity index is 2.86. The predicted molar refractivity (Wildman–Crippen MR) is 43.5 cm³/mol. The van der Waals surface area contributed by atoms with E-state index in [4.69, 9.17) is 11.6 Å². The van der Waals surface area contributed by atoms with E-state index in [9.17, 15) is 0 Å². The van der Waals surface area contributed by atoms with E-state index < -0.39 is 0 Å². The molecule has 0 unspecified atom stereocenters. The second kappa shape index (κ2) is 2.22. The van der Waals surface area contributed by atoms with E-state index in [1.165, 1.54) is 11.3 Å². The SMILES string of the molecule is Clc1ccc2n[c]sc2c1. The van der Waals surface area contributed by atoms with Gasteiger partial charge in [-0.05, 0) is 18.2 Å². The van der Waals surface area contributed by atoms with Crippen LogP contribution in [-0.2, 0) is 0 Å².